The first-order chi connectivity index (χ1) is 9.88. The fraction of sp³-hybridized carbons (Fsp3) is 0. The van der Waals surface area contributed by atoms with Crippen LogP contribution in [-0.4, -0.2) is 22.0 Å². The van der Waals surface area contributed by atoms with Gasteiger partial charge in [0.05, 0.1) is 16.1 Å². The first-order valence-corrected chi connectivity index (χ1v) is 6.61. The van der Waals surface area contributed by atoms with Crippen molar-refractivity contribution in [3.05, 3.63) is 50.7 Å². The Labute approximate surface area is 134 Å². The number of amides is 2. The van der Waals surface area contributed by atoms with Crippen molar-refractivity contribution in [3.8, 4) is 0 Å². The maximum Gasteiger partial charge on any atom is 0.258 e. The van der Waals surface area contributed by atoms with E-state index in [1.165, 1.54) is 24.3 Å². The number of nitrogens with one attached hydrogen (secondary N) is 1. The molecule has 0 radical (unpaired) electrons. The van der Waals surface area contributed by atoms with Crippen LogP contribution in [0.5, 0.6) is 0 Å². The summed E-state index contributed by atoms with van der Waals surface area (Å²) in [6, 6.07) is 5.56. The molecule has 21 heavy (non-hydrogen) atoms. The van der Waals surface area contributed by atoms with Crippen LogP contribution in [0.4, 0.5) is 5.69 Å². The van der Waals surface area contributed by atoms with Gasteiger partial charge in [-0.1, -0.05) is 34.8 Å². The summed E-state index contributed by atoms with van der Waals surface area (Å²) in [7, 11) is 0. The lowest BCUT2D eigenvalue weighted by Crippen LogP contribution is -2.15. The summed E-state index contributed by atoms with van der Waals surface area (Å²) in [5, 5.41) is 9.65. The number of anilines is 1. The average Bonchev–Trinajstić information content (AvgIpc) is 2.41. The monoisotopic (exact) mass is 344 g/mol. The third-order valence-corrected chi connectivity index (χ3v) is 3.23. The third kappa shape index (κ3) is 3.60. The molecule has 6 nitrogen and oxygen atoms in total. The highest BCUT2D eigenvalue weighted by Crippen LogP contribution is 2.22. The van der Waals surface area contributed by atoms with E-state index in [4.69, 9.17) is 40.5 Å². The summed E-state index contributed by atoms with van der Waals surface area (Å²) < 4.78 is 0. The number of halogens is 3. The normalized spacial score (nSPS) is 10.2. The smallest absolute Gasteiger partial charge is 0.258 e. The summed E-state index contributed by atoms with van der Waals surface area (Å²) in [5.74, 6) is -1.20. The number of carbonyl (C=O) groups is 2. The second-order valence-corrected chi connectivity index (χ2v) is 5.04. The number of rotatable bonds is 3. The standard InChI is InChI=1S/C12H7Cl3N4O2/c13-8-3-5(1-2-6(8)11(16)20)17-12(21)7-4-9(14)18-19-10(7)15/h1-4H,(H2,16,20)(H,17,21). The molecule has 0 aliphatic rings. The molecule has 0 fully saturated rings. The Morgan fingerprint density at radius 3 is 2.38 bits per heavy atom. The number of carbonyl (C=O) groups excluding carboxylic acids is 2. The highest BCUT2D eigenvalue weighted by atomic mass is 35.5. The maximum atomic E-state index is 12.1. The van der Waals surface area contributed by atoms with Gasteiger partial charge in [-0.3, -0.25) is 9.59 Å². The lowest BCUT2D eigenvalue weighted by atomic mass is 10.2. The van der Waals surface area contributed by atoms with Crippen LogP contribution in [0.15, 0.2) is 24.3 Å². The summed E-state index contributed by atoms with van der Waals surface area (Å²) in [6.07, 6.45) is 0. The molecule has 0 aliphatic carbocycles. The zero-order valence-electron chi connectivity index (χ0n) is 10.2. The molecule has 1 aromatic heterocycles. The molecule has 2 rings (SSSR count). The summed E-state index contributed by atoms with van der Waals surface area (Å²) >= 11 is 17.3. The van der Waals surface area contributed by atoms with E-state index in [1.807, 2.05) is 0 Å². The van der Waals surface area contributed by atoms with Gasteiger partial charge in [-0.25, -0.2) is 0 Å². The first-order valence-electron chi connectivity index (χ1n) is 5.48. The molecule has 0 unspecified atom stereocenters. The van der Waals surface area contributed by atoms with Crippen LogP contribution in [0.25, 0.3) is 0 Å². The van der Waals surface area contributed by atoms with Gasteiger partial charge in [0.15, 0.2) is 10.3 Å². The Morgan fingerprint density at radius 2 is 1.76 bits per heavy atom. The second-order valence-electron chi connectivity index (χ2n) is 3.88. The van der Waals surface area contributed by atoms with Crippen LogP contribution < -0.4 is 11.1 Å². The Morgan fingerprint density at radius 1 is 1.05 bits per heavy atom. The Bertz CT molecular complexity index is 736. The molecule has 1 heterocycles. The number of benzene rings is 1. The predicted octanol–water partition coefficient (Wildman–Crippen LogP) is 2.79. The molecule has 1 aromatic carbocycles. The molecule has 2 amide bonds. The molecule has 0 spiro atoms. The van der Waals surface area contributed by atoms with Gasteiger partial charge in [-0.15, -0.1) is 10.2 Å². The summed E-state index contributed by atoms with van der Waals surface area (Å²) in [6.45, 7) is 0. The molecule has 0 atom stereocenters. The summed E-state index contributed by atoms with van der Waals surface area (Å²) in [4.78, 5) is 23.1. The quantitative estimate of drug-likeness (QED) is 0.893. The van der Waals surface area contributed by atoms with Gasteiger partial charge in [0.2, 0.25) is 5.91 Å². The minimum atomic E-state index is -0.661. The van der Waals surface area contributed by atoms with E-state index in [-0.39, 0.29) is 26.5 Å². The van der Waals surface area contributed by atoms with E-state index in [9.17, 15) is 9.59 Å². The van der Waals surface area contributed by atoms with E-state index < -0.39 is 11.8 Å². The molecule has 2 aromatic rings. The molecule has 9 heteroatoms. The fourth-order valence-corrected chi connectivity index (χ4v) is 2.10. The molecule has 3 N–H and O–H groups in total. The van der Waals surface area contributed by atoms with E-state index in [0.717, 1.165) is 0 Å². The molecule has 108 valence electrons. The van der Waals surface area contributed by atoms with Crippen molar-refractivity contribution < 1.29 is 9.59 Å². The lowest BCUT2D eigenvalue weighted by molar-refractivity contribution is 0.0998. The number of hydrogen-bond donors (Lipinski definition) is 2. The molecular formula is C12H7Cl3N4O2. The Hall–Kier alpha value is -1.89. The second kappa shape index (κ2) is 6.26. The highest BCUT2D eigenvalue weighted by Gasteiger charge is 2.14. The number of nitrogens with zero attached hydrogens (tertiary/aromatic N) is 2. The van der Waals surface area contributed by atoms with Crippen LogP contribution in [0, 0.1) is 0 Å². The van der Waals surface area contributed by atoms with Crippen molar-refractivity contribution in [1.82, 2.24) is 10.2 Å². The largest absolute Gasteiger partial charge is 0.366 e. The van der Waals surface area contributed by atoms with Crippen LogP contribution >= 0.6 is 34.8 Å². The Kier molecular flexibility index (Phi) is 4.62. The molecule has 0 saturated heterocycles. The first kappa shape index (κ1) is 15.5. The van der Waals surface area contributed by atoms with Crippen LogP contribution in [0.2, 0.25) is 15.3 Å². The number of nitrogens with two attached hydrogens (primary N) is 1. The molecule has 0 saturated carbocycles. The number of hydrogen-bond acceptors (Lipinski definition) is 4. The Balaban J connectivity index is 2.26. The average molecular weight is 346 g/mol. The zero-order chi connectivity index (χ0) is 15.6. The topological polar surface area (TPSA) is 98.0 Å². The van der Waals surface area contributed by atoms with E-state index in [1.54, 1.807) is 0 Å². The zero-order valence-corrected chi connectivity index (χ0v) is 12.5. The minimum Gasteiger partial charge on any atom is -0.366 e. The van der Waals surface area contributed by atoms with Gasteiger partial charge in [0, 0.05) is 5.69 Å². The lowest BCUT2D eigenvalue weighted by Gasteiger charge is -2.08. The van der Waals surface area contributed by atoms with Gasteiger partial charge in [0.1, 0.15) is 0 Å². The third-order valence-electron chi connectivity index (χ3n) is 2.46. The maximum absolute atomic E-state index is 12.1. The van der Waals surface area contributed by atoms with Gasteiger partial charge in [0.25, 0.3) is 5.91 Å². The van der Waals surface area contributed by atoms with Gasteiger partial charge >= 0.3 is 0 Å². The van der Waals surface area contributed by atoms with Crippen LogP contribution in [0.1, 0.15) is 20.7 Å². The van der Waals surface area contributed by atoms with Crippen LogP contribution in [-0.2, 0) is 0 Å². The SMILES string of the molecule is NC(=O)c1ccc(NC(=O)c2cc(Cl)nnc2Cl)cc1Cl. The van der Waals surface area contributed by atoms with Crippen LogP contribution in [0.3, 0.4) is 0 Å². The van der Waals surface area contributed by atoms with E-state index in [0.29, 0.717) is 5.69 Å². The number of aromatic nitrogens is 2. The fourth-order valence-electron chi connectivity index (χ4n) is 1.50. The van der Waals surface area contributed by atoms with Gasteiger partial charge < -0.3 is 11.1 Å². The minimum absolute atomic E-state index is 0.0339. The molecular weight excluding hydrogens is 339 g/mol. The highest BCUT2D eigenvalue weighted by molar-refractivity contribution is 6.35. The van der Waals surface area contributed by atoms with Crippen molar-refractivity contribution in [2.75, 3.05) is 5.32 Å². The summed E-state index contributed by atoms with van der Waals surface area (Å²) in [5.41, 5.74) is 5.71. The van der Waals surface area contributed by atoms with Crippen molar-refractivity contribution in [2.24, 2.45) is 5.73 Å². The van der Waals surface area contributed by atoms with Crippen molar-refractivity contribution in [3.63, 3.8) is 0 Å². The molecule has 0 aliphatic heterocycles. The van der Waals surface area contributed by atoms with Gasteiger partial charge in [-0.05, 0) is 24.3 Å². The van der Waals surface area contributed by atoms with Crippen molar-refractivity contribution >= 4 is 52.3 Å². The predicted molar refractivity (Wildman–Crippen MR) is 80.0 cm³/mol. The van der Waals surface area contributed by atoms with Crippen molar-refractivity contribution in [1.29, 1.82) is 0 Å². The van der Waals surface area contributed by atoms with Crippen molar-refractivity contribution in [2.45, 2.75) is 0 Å². The van der Waals surface area contributed by atoms with E-state index in [2.05, 4.69) is 15.5 Å². The van der Waals surface area contributed by atoms with Gasteiger partial charge in [-0.2, -0.15) is 0 Å². The van der Waals surface area contributed by atoms with E-state index >= 15 is 0 Å². The molecule has 0 bridgehead atoms. The number of primary amides is 1.